The van der Waals surface area contributed by atoms with Crippen LogP contribution in [0.4, 0.5) is 4.79 Å². The van der Waals surface area contributed by atoms with Gasteiger partial charge in [0.2, 0.25) is 5.91 Å². The summed E-state index contributed by atoms with van der Waals surface area (Å²) in [6, 6.07) is 9.80. The van der Waals surface area contributed by atoms with Crippen LogP contribution in [-0.2, 0) is 16.0 Å². The molecule has 0 spiro atoms. The Morgan fingerprint density at radius 1 is 1.23 bits per heavy atom. The molecule has 1 aliphatic heterocycles. The first-order valence-electron chi connectivity index (χ1n) is 10.4. The van der Waals surface area contributed by atoms with E-state index in [9.17, 15) is 9.59 Å². The maximum absolute atomic E-state index is 12.7. The molecule has 1 N–H and O–H groups in total. The van der Waals surface area contributed by atoms with Gasteiger partial charge in [-0.25, -0.2) is 9.48 Å². The van der Waals surface area contributed by atoms with Crippen LogP contribution in [0.1, 0.15) is 46.6 Å². The zero-order chi connectivity index (χ0) is 21.9. The zero-order valence-electron chi connectivity index (χ0n) is 18.5. The van der Waals surface area contributed by atoms with Crippen molar-refractivity contribution in [3.05, 3.63) is 48.3 Å². The van der Waals surface area contributed by atoms with Gasteiger partial charge in [-0.05, 0) is 44.9 Å². The highest BCUT2D eigenvalue weighted by atomic mass is 16.6. The molecule has 0 saturated carbocycles. The number of para-hydroxylation sites is 1. The fourth-order valence-corrected chi connectivity index (χ4v) is 3.71. The highest BCUT2D eigenvalue weighted by molar-refractivity contribution is 5.79. The summed E-state index contributed by atoms with van der Waals surface area (Å²) < 4.78 is 7.26. The molecule has 1 fully saturated rings. The first-order valence-corrected chi connectivity index (χ1v) is 10.4. The number of carbonyl (C=O) groups is 2. The second-order valence-corrected chi connectivity index (χ2v) is 9.60. The molecular weight excluding hydrogens is 380 g/mol. The number of hydrogen-bond donors (Lipinski definition) is 1. The molecule has 0 radical (unpaired) electrons. The highest BCUT2D eigenvalue weighted by Gasteiger charge is 2.39. The van der Waals surface area contributed by atoms with Gasteiger partial charge in [0.1, 0.15) is 5.60 Å². The molecule has 162 valence electrons. The molecule has 3 rings (SSSR count). The van der Waals surface area contributed by atoms with Gasteiger partial charge in [0, 0.05) is 30.7 Å². The summed E-state index contributed by atoms with van der Waals surface area (Å²) >= 11 is 0. The van der Waals surface area contributed by atoms with Crippen molar-refractivity contribution in [2.45, 2.75) is 59.1 Å². The summed E-state index contributed by atoms with van der Waals surface area (Å²) in [5.41, 5.74) is 1.05. The minimum absolute atomic E-state index is 0.00662. The van der Waals surface area contributed by atoms with Crippen LogP contribution >= 0.6 is 0 Å². The molecular formula is C23H32N4O3. The van der Waals surface area contributed by atoms with Gasteiger partial charge in [-0.15, -0.1) is 0 Å². The quantitative estimate of drug-likeness (QED) is 0.833. The summed E-state index contributed by atoms with van der Waals surface area (Å²) in [7, 11) is 0. The third kappa shape index (κ3) is 5.62. The van der Waals surface area contributed by atoms with Crippen molar-refractivity contribution in [3.63, 3.8) is 0 Å². The van der Waals surface area contributed by atoms with Crippen molar-refractivity contribution < 1.29 is 14.3 Å². The number of hydrogen-bond acceptors (Lipinski definition) is 4. The minimum atomic E-state index is -0.517. The Hall–Kier alpha value is -2.83. The lowest BCUT2D eigenvalue weighted by atomic mass is 9.79. The van der Waals surface area contributed by atoms with Gasteiger partial charge in [0.15, 0.2) is 0 Å². The van der Waals surface area contributed by atoms with Gasteiger partial charge in [-0.1, -0.05) is 32.0 Å². The Balaban J connectivity index is 1.56. The van der Waals surface area contributed by atoms with Crippen molar-refractivity contribution in [3.8, 4) is 5.69 Å². The van der Waals surface area contributed by atoms with Crippen molar-refractivity contribution in [1.82, 2.24) is 20.0 Å². The number of nitrogens with one attached hydrogen (secondary N) is 1. The van der Waals surface area contributed by atoms with E-state index in [-0.39, 0.29) is 29.9 Å². The van der Waals surface area contributed by atoms with Gasteiger partial charge in [-0.3, -0.25) is 4.79 Å². The molecule has 7 heteroatoms. The summed E-state index contributed by atoms with van der Waals surface area (Å²) in [5.74, 6) is -0.0357. The zero-order valence-corrected chi connectivity index (χ0v) is 18.5. The van der Waals surface area contributed by atoms with Crippen LogP contribution in [0.3, 0.4) is 0 Å². The van der Waals surface area contributed by atoms with Crippen LogP contribution in [-0.4, -0.2) is 51.4 Å². The van der Waals surface area contributed by atoms with Crippen molar-refractivity contribution in [1.29, 1.82) is 0 Å². The Bertz CT molecular complexity index is 883. The molecule has 1 aromatic carbocycles. The number of carbonyl (C=O) groups excluding carboxylic acids is 2. The average Bonchev–Trinajstić information content (AvgIpc) is 3.11. The molecule has 0 aliphatic carbocycles. The number of ether oxygens (including phenoxy) is 1. The second-order valence-electron chi connectivity index (χ2n) is 9.60. The number of aromatic nitrogens is 2. The van der Waals surface area contributed by atoms with E-state index in [4.69, 9.17) is 4.74 Å². The summed E-state index contributed by atoms with van der Waals surface area (Å²) in [6.07, 6.45) is 4.28. The Kier molecular flexibility index (Phi) is 6.19. The fourth-order valence-electron chi connectivity index (χ4n) is 3.71. The van der Waals surface area contributed by atoms with E-state index in [1.165, 1.54) is 0 Å². The molecule has 2 heterocycles. The van der Waals surface area contributed by atoms with E-state index < -0.39 is 5.60 Å². The van der Waals surface area contributed by atoms with Crippen LogP contribution < -0.4 is 5.32 Å². The van der Waals surface area contributed by atoms with Gasteiger partial charge in [0.05, 0.1) is 18.3 Å². The first-order chi connectivity index (χ1) is 14.0. The number of likely N-dealkylation sites (tertiary alicyclic amines) is 1. The normalized spacial score (nSPS) is 18.7. The molecule has 0 bridgehead atoms. The number of benzene rings is 1. The third-order valence-electron chi connectivity index (χ3n) is 5.24. The Labute approximate surface area is 178 Å². The van der Waals surface area contributed by atoms with Crippen LogP contribution in [0.15, 0.2) is 42.7 Å². The lowest BCUT2D eigenvalue weighted by molar-refractivity contribution is -0.122. The minimum Gasteiger partial charge on any atom is -0.444 e. The van der Waals surface area contributed by atoms with Crippen LogP contribution in [0.25, 0.3) is 5.69 Å². The average molecular weight is 413 g/mol. The van der Waals surface area contributed by atoms with Gasteiger partial charge < -0.3 is 15.0 Å². The molecule has 2 amide bonds. The lowest BCUT2D eigenvalue weighted by Gasteiger charge is -2.44. The lowest BCUT2D eigenvalue weighted by Crippen LogP contribution is -2.57. The number of nitrogens with zero attached hydrogens (tertiary/aromatic N) is 3. The maximum Gasteiger partial charge on any atom is 0.410 e. The van der Waals surface area contributed by atoms with Crippen molar-refractivity contribution in [2.24, 2.45) is 5.41 Å². The van der Waals surface area contributed by atoms with Crippen LogP contribution in [0.5, 0.6) is 0 Å². The summed E-state index contributed by atoms with van der Waals surface area (Å²) in [4.78, 5) is 26.8. The number of piperidine rings is 1. The van der Waals surface area contributed by atoms with Gasteiger partial charge in [0.25, 0.3) is 0 Å². The maximum atomic E-state index is 12.7. The van der Waals surface area contributed by atoms with Crippen LogP contribution in [0.2, 0.25) is 0 Å². The largest absolute Gasteiger partial charge is 0.444 e. The predicted molar refractivity (Wildman–Crippen MR) is 115 cm³/mol. The SMILES string of the molecule is CC(C)(C)OC(=O)N1CC[C@@H](NC(=O)Cc2cnn(-c3ccccc3)c2)C(C)(C)C1. The highest BCUT2D eigenvalue weighted by Crippen LogP contribution is 2.30. The molecule has 2 aromatic rings. The van der Waals surface area contributed by atoms with E-state index >= 15 is 0 Å². The Morgan fingerprint density at radius 3 is 2.57 bits per heavy atom. The van der Waals surface area contributed by atoms with E-state index in [0.29, 0.717) is 19.5 Å². The Morgan fingerprint density at radius 2 is 1.93 bits per heavy atom. The smallest absolute Gasteiger partial charge is 0.410 e. The van der Waals surface area contributed by atoms with E-state index in [0.717, 1.165) is 11.3 Å². The summed E-state index contributed by atoms with van der Waals surface area (Å²) in [5, 5.41) is 7.51. The fraction of sp³-hybridized carbons (Fsp3) is 0.522. The van der Waals surface area contributed by atoms with Gasteiger partial charge >= 0.3 is 6.09 Å². The number of rotatable bonds is 4. The predicted octanol–water partition coefficient (Wildman–Crippen LogP) is 3.57. The molecule has 1 atom stereocenters. The molecule has 1 saturated heterocycles. The monoisotopic (exact) mass is 412 g/mol. The van der Waals surface area contributed by atoms with Crippen molar-refractivity contribution >= 4 is 12.0 Å². The molecule has 30 heavy (non-hydrogen) atoms. The first kappa shape index (κ1) is 21.9. The standard InChI is InChI=1S/C23H32N4O3/c1-22(2,3)30-21(29)26-12-11-19(23(4,5)16-26)25-20(28)13-17-14-24-27(15-17)18-9-7-6-8-10-18/h6-10,14-15,19H,11-13,16H2,1-5H3,(H,25,28)/t19-/m1/s1. The second kappa shape index (κ2) is 8.50. The molecule has 7 nitrogen and oxygen atoms in total. The van der Waals surface area contributed by atoms with Crippen LogP contribution in [0, 0.1) is 5.41 Å². The van der Waals surface area contributed by atoms with Crippen molar-refractivity contribution in [2.75, 3.05) is 13.1 Å². The third-order valence-corrected chi connectivity index (χ3v) is 5.24. The van der Waals surface area contributed by atoms with Gasteiger partial charge in [-0.2, -0.15) is 5.10 Å². The number of amides is 2. The van der Waals surface area contributed by atoms with E-state index in [1.807, 2.05) is 57.3 Å². The van der Waals surface area contributed by atoms with E-state index in [2.05, 4.69) is 24.3 Å². The molecule has 0 unspecified atom stereocenters. The van der Waals surface area contributed by atoms with E-state index in [1.54, 1.807) is 15.8 Å². The molecule has 1 aliphatic rings. The topological polar surface area (TPSA) is 76.5 Å². The summed E-state index contributed by atoms with van der Waals surface area (Å²) in [6.45, 7) is 10.8. The molecule has 1 aromatic heterocycles.